The van der Waals surface area contributed by atoms with E-state index in [4.69, 9.17) is 0 Å². The molecule has 3 N–H and O–H groups in total. The molecule has 0 bridgehead atoms. The van der Waals surface area contributed by atoms with E-state index >= 15 is 0 Å². The van der Waals surface area contributed by atoms with Gasteiger partial charge >= 0.3 is 0 Å². The number of anilines is 2. The Morgan fingerprint density at radius 2 is 1.89 bits per heavy atom. The largest absolute Gasteiger partial charge is 0.365 e. The number of halogens is 1. The molecule has 0 saturated carbocycles. The third kappa shape index (κ3) is 4.19. The van der Waals surface area contributed by atoms with Gasteiger partial charge < -0.3 is 16.0 Å². The highest BCUT2D eigenvalue weighted by Crippen LogP contribution is 2.27. The number of amides is 1. The summed E-state index contributed by atoms with van der Waals surface area (Å²) in [5.74, 6) is -0.381. The molecule has 1 heterocycles. The highest BCUT2D eigenvalue weighted by molar-refractivity contribution is 6.06. The number of benzene rings is 2. The van der Waals surface area contributed by atoms with Gasteiger partial charge in [-0.05, 0) is 61.0 Å². The SMILES string of the molecule is CC(C)c1ccc(NC2(C)NC=CC=C2C(=O)Nc2ccccc2)cc1F.[HH].[HH]. The van der Waals surface area contributed by atoms with E-state index in [0.29, 0.717) is 22.5 Å². The van der Waals surface area contributed by atoms with Crippen molar-refractivity contribution in [3.63, 3.8) is 0 Å². The monoisotopic (exact) mass is 369 g/mol. The molecule has 1 atom stereocenters. The quantitative estimate of drug-likeness (QED) is 0.674. The first kappa shape index (κ1) is 18.7. The van der Waals surface area contributed by atoms with Crippen LogP contribution in [0.1, 0.15) is 35.1 Å². The lowest BCUT2D eigenvalue weighted by Gasteiger charge is -2.36. The molecule has 0 aliphatic carbocycles. The van der Waals surface area contributed by atoms with E-state index in [1.165, 1.54) is 6.07 Å². The van der Waals surface area contributed by atoms with E-state index < -0.39 is 5.66 Å². The highest BCUT2D eigenvalue weighted by atomic mass is 19.1. The standard InChI is InChI=1S/C22H24FN3O.2H2/c1-15(2)18-12-11-17(14-20(18)23)26-22(3)19(10-7-13-24-22)21(27)25-16-8-5-4-6-9-16;;/h4-15,24,26H,1-3H3,(H,25,27);2*1H. The molecule has 1 unspecified atom stereocenters. The summed E-state index contributed by atoms with van der Waals surface area (Å²) in [6.07, 6.45) is 5.28. The van der Waals surface area contributed by atoms with E-state index in [1.54, 1.807) is 24.4 Å². The zero-order chi connectivity index (χ0) is 19.4. The Balaban J connectivity index is 0.00000210. The lowest BCUT2D eigenvalue weighted by Crippen LogP contribution is -2.52. The second-order valence-corrected chi connectivity index (χ2v) is 7.04. The molecule has 0 saturated heterocycles. The van der Waals surface area contributed by atoms with Crippen LogP contribution in [0, 0.1) is 5.82 Å². The van der Waals surface area contributed by atoms with E-state index in [1.807, 2.05) is 57.2 Å². The van der Waals surface area contributed by atoms with Crippen molar-refractivity contribution >= 4 is 17.3 Å². The van der Waals surface area contributed by atoms with Gasteiger partial charge in [-0.2, -0.15) is 0 Å². The van der Waals surface area contributed by atoms with Crippen molar-refractivity contribution in [3.05, 3.63) is 83.8 Å². The summed E-state index contributed by atoms with van der Waals surface area (Å²) in [7, 11) is 0. The van der Waals surface area contributed by atoms with Gasteiger partial charge in [0.1, 0.15) is 11.5 Å². The average Bonchev–Trinajstić information content (AvgIpc) is 2.62. The number of rotatable bonds is 5. The lowest BCUT2D eigenvalue weighted by molar-refractivity contribution is -0.113. The molecule has 1 amide bonds. The summed E-state index contributed by atoms with van der Waals surface area (Å²) < 4.78 is 14.4. The minimum absolute atomic E-state index is 0. The first-order chi connectivity index (χ1) is 12.9. The normalized spacial score (nSPS) is 18.6. The van der Waals surface area contributed by atoms with Gasteiger partial charge in [-0.15, -0.1) is 0 Å². The van der Waals surface area contributed by atoms with Crippen molar-refractivity contribution in [3.8, 4) is 0 Å². The fourth-order valence-electron chi connectivity index (χ4n) is 3.09. The first-order valence-electron chi connectivity index (χ1n) is 8.98. The number of dihydropyridines is 1. The molecule has 3 rings (SSSR count). The Kier molecular flexibility index (Phi) is 5.31. The van der Waals surface area contributed by atoms with Crippen LogP contribution in [0.4, 0.5) is 15.8 Å². The molecule has 144 valence electrons. The van der Waals surface area contributed by atoms with Crippen molar-refractivity contribution in [1.29, 1.82) is 0 Å². The number of para-hydroxylation sites is 1. The summed E-state index contributed by atoms with van der Waals surface area (Å²) in [4.78, 5) is 12.8. The molecule has 0 spiro atoms. The van der Waals surface area contributed by atoms with Gasteiger partial charge in [0.2, 0.25) is 0 Å². The van der Waals surface area contributed by atoms with Crippen molar-refractivity contribution in [2.75, 3.05) is 10.6 Å². The van der Waals surface area contributed by atoms with Crippen LogP contribution in [-0.2, 0) is 4.79 Å². The molecule has 0 radical (unpaired) electrons. The number of hydrogen-bond acceptors (Lipinski definition) is 3. The summed E-state index contributed by atoms with van der Waals surface area (Å²) >= 11 is 0. The fraction of sp³-hybridized carbons (Fsp3) is 0.227. The summed E-state index contributed by atoms with van der Waals surface area (Å²) in [6, 6.07) is 14.3. The van der Waals surface area contributed by atoms with Crippen LogP contribution in [0.25, 0.3) is 0 Å². The van der Waals surface area contributed by atoms with E-state index in [-0.39, 0.29) is 20.5 Å². The minimum atomic E-state index is -0.876. The Labute approximate surface area is 162 Å². The summed E-state index contributed by atoms with van der Waals surface area (Å²) in [6.45, 7) is 5.76. The van der Waals surface area contributed by atoms with Gasteiger partial charge in [0.15, 0.2) is 0 Å². The van der Waals surface area contributed by atoms with Crippen molar-refractivity contribution in [2.45, 2.75) is 32.4 Å². The Morgan fingerprint density at radius 1 is 1.15 bits per heavy atom. The van der Waals surface area contributed by atoms with Crippen LogP contribution in [0.2, 0.25) is 0 Å². The zero-order valence-electron chi connectivity index (χ0n) is 15.7. The number of allylic oxidation sites excluding steroid dienone is 2. The molecule has 1 aliphatic rings. The van der Waals surface area contributed by atoms with Gasteiger partial charge in [-0.3, -0.25) is 4.79 Å². The molecular weight excluding hydrogens is 341 g/mol. The molecule has 0 aromatic heterocycles. The molecule has 5 heteroatoms. The maximum Gasteiger partial charge on any atom is 0.255 e. The molecule has 4 nitrogen and oxygen atoms in total. The van der Waals surface area contributed by atoms with Gasteiger partial charge in [0.25, 0.3) is 5.91 Å². The molecule has 0 fully saturated rings. The first-order valence-corrected chi connectivity index (χ1v) is 8.98. The van der Waals surface area contributed by atoms with Crippen molar-refractivity contribution in [2.24, 2.45) is 0 Å². The van der Waals surface area contributed by atoms with Crippen LogP contribution in [0.5, 0.6) is 0 Å². The van der Waals surface area contributed by atoms with E-state index in [2.05, 4.69) is 16.0 Å². The number of hydrogen-bond donors (Lipinski definition) is 3. The zero-order valence-corrected chi connectivity index (χ0v) is 15.7. The summed E-state index contributed by atoms with van der Waals surface area (Å²) in [5.41, 5.74) is 1.61. The summed E-state index contributed by atoms with van der Waals surface area (Å²) in [5, 5.41) is 9.32. The maximum atomic E-state index is 14.4. The smallest absolute Gasteiger partial charge is 0.255 e. The van der Waals surface area contributed by atoms with Crippen LogP contribution in [0.15, 0.2) is 72.5 Å². The third-order valence-electron chi connectivity index (χ3n) is 4.56. The predicted molar refractivity (Wildman–Crippen MR) is 112 cm³/mol. The Hall–Kier alpha value is -3.08. The van der Waals surface area contributed by atoms with Gasteiger partial charge in [-0.1, -0.05) is 38.1 Å². The minimum Gasteiger partial charge on any atom is -0.365 e. The van der Waals surface area contributed by atoms with Crippen LogP contribution in [-0.4, -0.2) is 11.6 Å². The lowest BCUT2D eigenvalue weighted by atomic mass is 9.96. The highest BCUT2D eigenvalue weighted by Gasteiger charge is 2.34. The van der Waals surface area contributed by atoms with Gasteiger partial charge in [0, 0.05) is 14.2 Å². The molecule has 27 heavy (non-hydrogen) atoms. The van der Waals surface area contributed by atoms with Gasteiger partial charge in [0.05, 0.1) is 5.57 Å². The molecule has 1 aliphatic heterocycles. The molecular formula is C22H28FN3O. The van der Waals surface area contributed by atoms with E-state index in [0.717, 1.165) is 0 Å². The van der Waals surface area contributed by atoms with Crippen LogP contribution in [0.3, 0.4) is 0 Å². The average molecular weight is 369 g/mol. The third-order valence-corrected chi connectivity index (χ3v) is 4.56. The predicted octanol–water partition coefficient (Wildman–Crippen LogP) is 5.25. The fourth-order valence-corrected chi connectivity index (χ4v) is 3.09. The Bertz CT molecular complexity index is 900. The number of carbonyl (C=O) groups is 1. The molecule has 2 aromatic rings. The van der Waals surface area contributed by atoms with Crippen LogP contribution >= 0.6 is 0 Å². The Morgan fingerprint density at radius 3 is 2.56 bits per heavy atom. The maximum absolute atomic E-state index is 14.4. The second-order valence-electron chi connectivity index (χ2n) is 7.04. The molecule has 2 aromatic carbocycles. The van der Waals surface area contributed by atoms with Crippen molar-refractivity contribution < 1.29 is 12.0 Å². The second kappa shape index (κ2) is 7.66. The van der Waals surface area contributed by atoms with Crippen LogP contribution < -0.4 is 16.0 Å². The van der Waals surface area contributed by atoms with Crippen molar-refractivity contribution in [1.82, 2.24) is 5.32 Å². The van der Waals surface area contributed by atoms with E-state index in [9.17, 15) is 9.18 Å². The van der Waals surface area contributed by atoms with Gasteiger partial charge in [-0.25, -0.2) is 4.39 Å². The topological polar surface area (TPSA) is 53.2 Å². The number of nitrogens with one attached hydrogen (secondary N) is 3. The number of carbonyl (C=O) groups excluding carboxylic acids is 1.